The van der Waals surface area contributed by atoms with E-state index < -0.39 is 0 Å². The zero-order valence-electron chi connectivity index (χ0n) is 12.9. The topological polar surface area (TPSA) is 52.7 Å². The number of carbonyl (C=O) groups excluding carboxylic acids is 2. The number of likely N-dealkylation sites (tertiary alicyclic amines) is 2. The van der Waals surface area contributed by atoms with Crippen LogP contribution in [0.1, 0.15) is 46.0 Å². The van der Waals surface area contributed by atoms with E-state index in [0.29, 0.717) is 24.9 Å². The summed E-state index contributed by atoms with van der Waals surface area (Å²) < 4.78 is 0. The van der Waals surface area contributed by atoms with E-state index in [1.165, 1.54) is 11.3 Å². The van der Waals surface area contributed by atoms with Crippen LogP contribution in [0.5, 0.6) is 0 Å². The summed E-state index contributed by atoms with van der Waals surface area (Å²) in [4.78, 5) is 27.4. The first-order valence-electron chi connectivity index (χ1n) is 7.79. The van der Waals surface area contributed by atoms with Crippen molar-refractivity contribution in [3.63, 3.8) is 0 Å². The van der Waals surface area contributed by atoms with E-state index in [4.69, 9.17) is 0 Å². The van der Waals surface area contributed by atoms with Crippen molar-refractivity contribution in [2.75, 3.05) is 20.1 Å². The zero-order valence-corrected chi connectivity index (χ0v) is 12.9. The van der Waals surface area contributed by atoms with E-state index in [2.05, 4.69) is 24.1 Å². The van der Waals surface area contributed by atoms with Gasteiger partial charge in [-0.3, -0.25) is 14.5 Å². The van der Waals surface area contributed by atoms with Gasteiger partial charge < -0.3 is 10.2 Å². The molecule has 114 valence electrons. The first-order chi connectivity index (χ1) is 9.49. The second-order valence-corrected chi connectivity index (χ2v) is 6.31. The maximum atomic E-state index is 12.1. The lowest BCUT2D eigenvalue weighted by Crippen LogP contribution is -2.54. The van der Waals surface area contributed by atoms with E-state index in [1.807, 2.05) is 0 Å². The highest BCUT2D eigenvalue weighted by molar-refractivity contribution is 6.00. The molecule has 0 aromatic carbocycles. The Labute approximate surface area is 121 Å². The highest BCUT2D eigenvalue weighted by Gasteiger charge is 2.33. The smallest absolute Gasteiger partial charge is 0.246 e. The van der Waals surface area contributed by atoms with E-state index in [1.54, 1.807) is 7.05 Å². The third kappa shape index (κ3) is 3.58. The van der Waals surface area contributed by atoms with Gasteiger partial charge in [-0.2, -0.15) is 0 Å². The summed E-state index contributed by atoms with van der Waals surface area (Å²) in [5.41, 5.74) is 0. The van der Waals surface area contributed by atoms with Gasteiger partial charge in [-0.1, -0.05) is 0 Å². The predicted octanol–water partition coefficient (Wildman–Crippen LogP) is 0.986. The summed E-state index contributed by atoms with van der Waals surface area (Å²) in [5, 5.41) is 3.49. The van der Waals surface area contributed by atoms with Crippen LogP contribution in [0.25, 0.3) is 0 Å². The fourth-order valence-electron chi connectivity index (χ4n) is 3.16. The summed E-state index contributed by atoms with van der Waals surface area (Å²) in [6.07, 6.45) is 4.49. The highest BCUT2D eigenvalue weighted by Crippen LogP contribution is 2.17. The van der Waals surface area contributed by atoms with Gasteiger partial charge in [0.2, 0.25) is 11.8 Å². The molecule has 2 amide bonds. The van der Waals surface area contributed by atoms with Gasteiger partial charge in [0.25, 0.3) is 0 Å². The monoisotopic (exact) mass is 281 g/mol. The number of likely N-dealkylation sites (N-methyl/N-ethyl adjacent to an activating group) is 1. The Morgan fingerprint density at radius 1 is 1.15 bits per heavy atom. The lowest BCUT2D eigenvalue weighted by molar-refractivity contribution is -0.148. The molecular formula is C15H27N3O2. The van der Waals surface area contributed by atoms with Crippen molar-refractivity contribution < 1.29 is 9.59 Å². The minimum Gasteiger partial charge on any atom is -0.303 e. The number of carbonyl (C=O) groups is 2. The maximum absolute atomic E-state index is 12.1. The van der Waals surface area contributed by atoms with Crippen molar-refractivity contribution in [2.45, 2.75) is 64.1 Å². The number of rotatable bonds is 3. The van der Waals surface area contributed by atoms with Gasteiger partial charge in [0.1, 0.15) is 0 Å². The van der Waals surface area contributed by atoms with E-state index >= 15 is 0 Å². The number of imide groups is 1. The van der Waals surface area contributed by atoms with Crippen molar-refractivity contribution in [3.05, 3.63) is 0 Å². The fourth-order valence-corrected chi connectivity index (χ4v) is 3.16. The minimum atomic E-state index is -0.173. The number of amides is 2. The standard InChI is InChI=1S/C15H27N3O2/c1-11(2)18-9-4-5-12(8-10-18)16-13-6-7-14(19)17(3)15(13)20/h11-13,16H,4-10H2,1-3H3. The molecule has 0 bridgehead atoms. The highest BCUT2D eigenvalue weighted by atomic mass is 16.2. The predicted molar refractivity (Wildman–Crippen MR) is 78.3 cm³/mol. The van der Waals surface area contributed by atoms with Crippen LogP contribution >= 0.6 is 0 Å². The first kappa shape index (κ1) is 15.4. The molecule has 0 radical (unpaired) electrons. The molecule has 20 heavy (non-hydrogen) atoms. The molecule has 5 nitrogen and oxygen atoms in total. The molecule has 0 spiro atoms. The Balaban J connectivity index is 1.87. The number of nitrogens with one attached hydrogen (secondary N) is 1. The molecule has 5 heteroatoms. The molecule has 2 aliphatic heterocycles. The van der Waals surface area contributed by atoms with Gasteiger partial charge in [-0.15, -0.1) is 0 Å². The largest absolute Gasteiger partial charge is 0.303 e. The average molecular weight is 281 g/mol. The van der Waals surface area contributed by atoms with Crippen LogP contribution in [0.3, 0.4) is 0 Å². The molecular weight excluding hydrogens is 254 g/mol. The molecule has 1 N–H and O–H groups in total. The molecule has 2 atom stereocenters. The van der Waals surface area contributed by atoms with E-state index in [9.17, 15) is 9.59 Å². The Hall–Kier alpha value is -0.940. The van der Waals surface area contributed by atoms with Crippen LogP contribution in [-0.2, 0) is 9.59 Å². The Kier molecular flexibility index (Phi) is 5.16. The van der Waals surface area contributed by atoms with Crippen LogP contribution in [0.2, 0.25) is 0 Å². The van der Waals surface area contributed by atoms with Crippen LogP contribution in [0, 0.1) is 0 Å². The molecule has 2 aliphatic rings. The van der Waals surface area contributed by atoms with Gasteiger partial charge in [-0.25, -0.2) is 0 Å². The third-order valence-corrected chi connectivity index (χ3v) is 4.58. The maximum Gasteiger partial charge on any atom is 0.246 e. The van der Waals surface area contributed by atoms with Crippen LogP contribution < -0.4 is 5.32 Å². The number of hydrogen-bond acceptors (Lipinski definition) is 4. The summed E-state index contributed by atoms with van der Waals surface area (Å²) >= 11 is 0. The molecule has 2 heterocycles. The molecule has 0 saturated carbocycles. The summed E-state index contributed by atoms with van der Waals surface area (Å²) in [6, 6.07) is 0.816. The Morgan fingerprint density at radius 2 is 1.90 bits per heavy atom. The van der Waals surface area contributed by atoms with Gasteiger partial charge in [0, 0.05) is 25.6 Å². The van der Waals surface area contributed by atoms with Crippen LogP contribution in [0.4, 0.5) is 0 Å². The van der Waals surface area contributed by atoms with Crippen LogP contribution in [-0.4, -0.2) is 59.9 Å². The molecule has 2 unspecified atom stereocenters. The average Bonchev–Trinajstić information content (AvgIpc) is 2.65. The molecule has 2 rings (SSSR count). The minimum absolute atomic E-state index is 0.0556. The Bertz CT molecular complexity index is 370. The van der Waals surface area contributed by atoms with Crippen molar-refractivity contribution >= 4 is 11.8 Å². The third-order valence-electron chi connectivity index (χ3n) is 4.58. The molecule has 2 saturated heterocycles. The first-order valence-corrected chi connectivity index (χ1v) is 7.79. The summed E-state index contributed by atoms with van der Waals surface area (Å²) in [7, 11) is 1.59. The summed E-state index contributed by atoms with van der Waals surface area (Å²) in [5.74, 6) is -0.119. The fraction of sp³-hybridized carbons (Fsp3) is 0.867. The van der Waals surface area contributed by atoms with Crippen molar-refractivity contribution in [2.24, 2.45) is 0 Å². The van der Waals surface area contributed by atoms with Crippen molar-refractivity contribution in [3.8, 4) is 0 Å². The van der Waals surface area contributed by atoms with E-state index in [0.717, 1.165) is 25.9 Å². The lowest BCUT2D eigenvalue weighted by Gasteiger charge is -2.31. The zero-order chi connectivity index (χ0) is 14.7. The van der Waals surface area contributed by atoms with Crippen molar-refractivity contribution in [1.82, 2.24) is 15.1 Å². The number of nitrogens with zero attached hydrogens (tertiary/aromatic N) is 2. The Morgan fingerprint density at radius 3 is 2.60 bits per heavy atom. The second kappa shape index (κ2) is 6.68. The van der Waals surface area contributed by atoms with Gasteiger partial charge in [0.15, 0.2) is 0 Å². The SMILES string of the molecule is CC(C)N1CCCC(NC2CCC(=O)N(C)C2=O)CC1. The second-order valence-electron chi connectivity index (χ2n) is 6.31. The lowest BCUT2D eigenvalue weighted by atomic mass is 10.0. The normalized spacial score (nSPS) is 29.9. The van der Waals surface area contributed by atoms with Crippen molar-refractivity contribution in [1.29, 1.82) is 0 Å². The number of piperidine rings is 1. The quantitative estimate of drug-likeness (QED) is 0.784. The number of hydrogen-bond donors (Lipinski definition) is 1. The summed E-state index contributed by atoms with van der Waals surface area (Å²) in [6.45, 7) is 6.70. The van der Waals surface area contributed by atoms with Gasteiger partial charge >= 0.3 is 0 Å². The molecule has 0 aliphatic carbocycles. The molecule has 0 aromatic rings. The molecule has 0 aromatic heterocycles. The van der Waals surface area contributed by atoms with E-state index in [-0.39, 0.29) is 17.9 Å². The van der Waals surface area contributed by atoms with Crippen LogP contribution in [0.15, 0.2) is 0 Å². The van der Waals surface area contributed by atoms with Gasteiger partial charge in [-0.05, 0) is 52.6 Å². The van der Waals surface area contributed by atoms with Gasteiger partial charge in [0.05, 0.1) is 6.04 Å². The molecule has 2 fully saturated rings.